The molecule has 2 N–H and O–H groups in total. The molecule has 0 saturated carbocycles. The second-order valence-corrected chi connectivity index (χ2v) is 8.04. The molecule has 1 aliphatic heterocycles. The molecular formula is C19H24N4O3S. The van der Waals surface area contributed by atoms with Crippen LogP contribution in [0.15, 0.2) is 23.7 Å². The van der Waals surface area contributed by atoms with Crippen molar-refractivity contribution < 1.29 is 14.7 Å². The maximum absolute atomic E-state index is 12.7. The number of carbonyl (C=O) groups is 2. The van der Waals surface area contributed by atoms with Crippen molar-refractivity contribution in [3.05, 3.63) is 39.8 Å². The van der Waals surface area contributed by atoms with Crippen LogP contribution in [-0.2, 0) is 4.79 Å². The van der Waals surface area contributed by atoms with Crippen molar-refractivity contribution in [3.63, 3.8) is 0 Å². The molecule has 2 amide bonds. The topological polar surface area (TPSA) is 95.4 Å². The first-order valence-electron chi connectivity index (χ1n) is 9.01. The lowest BCUT2D eigenvalue weighted by atomic mass is 9.90. The number of rotatable bonds is 4. The van der Waals surface area contributed by atoms with Crippen molar-refractivity contribution in [2.75, 3.05) is 18.4 Å². The zero-order valence-corrected chi connectivity index (χ0v) is 16.5. The van der Waals surface area contributed by atoms with Gasteiger partial charge in [0.25, 0.3) is 5.91 Å². The molecule has 1 saturated heterocycles. The summed E-state index contributed by atoms with van der Waals surface area (Å²) in [5.41, 5.74) is 1.36. The van der Waals surface area contributed by atoms with Crippen molar-refractivity contribution in [3.8, 4) is 0 Å². The smallest absolute Gasteiger partial charge is 0.254 e. The number of carbonyl (C=O) groups excluding carboxylic acids is 2. The van der Waals surface area contributed by atoms with Crippen LogP contribution in [0, 0.1) is 0 Å². The van der Waals surface area contributed by atoms with Gasteiger partial charge in [-0.05, 0) is 24.5 Å². The van der Waals surface area contributed by atoms with Gasteiger partial charge in [0.2, 0.25) is 11.9 Å². The van der Waals surface area contributed by atoms with Crippen molar-refractivity contribution in [2.45, 2.75) is 45.1 Å². The molecule has 2 unspecified atom stereocenters. The summed E-state index contributed by atoms with van der Waals surface area (Å²) in [4.78, 5) is 35.1. The number of piperidine rings is 1. The standard InChI is InChI=1S/C19H24N4O3S/c1-11(2)17-8-13(10-27-17)18(26)23-7-5-14(16(25)9-23)15-4-6-20-19(22-15)21-12(3)24/h4,6,8,10-11,14,16,25H,5,7,9H2,1-3H3,(H,20,21,22,24). The van der Waals surface area contributed by atoms with Crippen LogP contribution in [0.5, 0.6) is 0 Å². The van der Waals surface area contributed by atoms with Gasteiger partial charge in [-0.25, -0.2) is 9.97 Å². The highest BCUT2D eigenvalue weighted by Gasteiger charge is 2.33. The van der Waals surface area contributed by atoms with Crippen LogP contribution < -0.4 is 5.32 Å². The number of aromatic nitrogens is 2. The lowest BCUT2D eigenvalue weighted by molar-refractivity contribution is -0.114. The minimum atomic E-state index is -0.717. The number of hydrogen-bond acceptors (Lipinski definition) is 6. The number of aliphatic hydroxyl groups is 1. The maximum atomic E-state index is 12.7. The lowest BCUT2D eigenvalue weighted by Crippen LogP contribution is -2.45. The zero-order chi connectivity index (χ0) is 19.6. The predicted molar refractivity (Wildman–Crippen MR) is 104 cm³/mol. The molecule has 1 fully saturated rings. The second-order valence-electron chi connectivity index (χ2n) is 7.09. The molecule has 1 aliphatic rings. The number of aliphatic hydroxyl groups excluding tert-OH is 1. The molecule has 7 nitrogen and oxygen atoms in total. The van der Waals surface area contributed by atoms with Gasteiger partial charge in [-0.2, -0.15) is 0 Å². The largest absolute Gasteiger partial charge is 0.391 e. The molecule has 3 rings (SSSR count). The van der Waals surface area contributed by atoms with Gasteiger partial charge in [-0.1, -0.05) is 13.8 Å². The summed E-state index contributed by atoms with van der Waals surface area (Å²) < 4.78 is 0. The molecule has 3 heterocycles. The molecule has 8 heteroatoms. The number of hydrogen-bond donors (Lipinski definition) is 2. The van der Waals surface area contributed by atoms with Crippen LogP contribution in [0.1, 0.15) is 60.0 Å². The van der Waals surface area contributed by atoms with Gasteiger partial charge in [-0.15, -0.1) is 11.3 Å². The number of nitrogens with zero attached hydrogens (tertiary/aromatic N) is 3. The molecule has 0 radical (unpaired) electrons. The average molecular weight is 388 g/mol. The van der Waals surface area contributed by atoms with Crippen LogP contribution in [0.2, 0.25) is 0 Å². The van der Waals surface area contributed by atoms with Crippen LogP contribution in [0.3, 0.4) is 0 Å². The predicted octanol–water partition coefficient (Wildman–Crippen LogP) is 2.61. The Morgan fingerprint density at radius 1 is 1.41 bits per heavy atom. The Balaban J connectivity index is 1.68. The monoisotopic (exact) mass is 388 g/mol. The van der Waals surface area contributed by atoms with E-state index in [2.05, 4.69) is 29.1 Å². The number of thiophene rings is 1. The molecule has 2 aromatic heterocycles. The van der Waals surface area contributed by atoms with E-state index in [0.29, 0.717) is 30.1 Å². The minimum Gasteiger partial charge on any atom is -0.391 e. The Bertz CT molecular complexity index is 836. The average Bonchev–Trinajstić information content (AvgIpc) is 3.11. The molecular weight excluding hydrogens is 364 g/mol. The summed E-state index contributed by atoms with van der Waals surface area (Å²) in [6.45, 7) is 6.41. The van der Waals surface area contributed by atoms with E-state index in [1.165, 1.54) is 11.8 Å². The highest BCUT2D eigenvalue weighted by atomic mass is 32.1. The SMILES string of the molecule is CC(=O)Nc1nccc(C2CCN(C(=O)c3csc(C(C)C)c3)CC2O)n1. The van der Waals surface area contributed by atoms with Crippen molar-refractivity contribution in [1.29, 1.82) is 0 Å². The highest BCUT2D eigenvalue weighted by molar-refractivity contribution is 7.10. The van der Waals surface area contributed by atoms with E-state index in [0.717, 1.165) is 0 Å². The van der Waals surface area contributed by atoms with E-state index < -0.39 is 6.10 Å². The third kappa shape index (κ3) is 4.51. The van der Waals surface area contributed by atoms with Gasteiger partial charge in [0, 0.05) is 42.4 Å². The summed E-state index contributed by atoms with van der Waals surface area (Å²) in [6.07, 6.45) is 1.45. The summed E-state index contributed by atoms with van der Waals surface area (Å²) in [5.74, 6) is 0.133. The molecule has 0 aliphatic carbocycles. The number of β-amino-alcohol motifs (C(OH)–C–C–N with tert-alkyl or cyclic N) is 1. The fourth-order valence-electron chi connectivity index (χ4n) is 3.21. The molecule has 0 aromatic carbocycles. The molecule has 2 atom stereocenters. The van der Waals surface area contributed by atoms with E-state index >= 15 is 0 Å². The van der Waals surface area contributed by atoms with Crippen LogP contribution in [0.25, 0.3) is 0 Å². The Kier molecular flexibility index (Phi) is 5.86. The fourth-order valence-corrected chi connectivity index (χ4v) is 4.11. The van der Waals surface area contributed by atoms with Gasteiger partial charge in [0.1, 0.15) is 0 Å². The van der Waals surface area contributed by atoms with Gasteiger partial charge < -0.3 is 10.0 Å². The number of nitrogens with one attached hydrogen (secondary N) is 1. The molecule has 0 bridgehead atoms. The molecule has 144 valence electrons. The molecule has 27 heavy (non-hydrogen) atoms. The van der Waals surface area contributed by atoms with E-state index in [-0.39, 0.29) is 30.2 Å². The number of likely N-dealkylation sites (tertiary alicyclic amines) is 1. The first-order chi connectivity index (χ1) is 12.8. The third-order valence-electron chi connectivity index (χ3n) is 4.65. The van der Waals surface area contributed by atoms with Crippen molar-refractivity contribution >= 4 is 29.1 Å². The normalized spacial score (nSPS) is 20.0. The fraction of sp³-hybridized carbons (Fsp3) is 0.474. The van der Waals surface area contributed by atoms with Gasteiger partial charge in [-0.3, -0.25) is 14.9 Å². The lowest BCUT2D eigenvalue weighted by Gasteiger charge is -2.35. The Morgan fingerprint density at radius 3 is 2.81 bits per heavy atom. The first kappa shape index (κ1) is 19.4. The first-order valence-corrected chi connectivity index (χ1v) is 9.89. The van der Waals surface area contributed by atoms with Crippen LogP contribution in [0.4, 0.5) is 5.95 Å². The van der Waals surface area contributed by atoms with E-state index in [1.54, 1.807) is 28.5 Å². The van der Waals surface area contributed by atoms with E-state index in [4.69, 9.17) is 0 Å². The van der Waals surface area contributed by atoms with Gasteiger partial charge in [0.15, 0.2) is 0 Å². The summed E-state index contributed by atoms with van der Waals surface area (Å²) in [6, 6.07) is 3.69. The highest BCUT2D eigenvalue weighted by Crippen LogP contribution is 2.29. The Morgan fingerprint density at radius 2 is 2.19 bits per heavy atom. The van der Waals surface area contributed by atoms with Crippen molar-refractivity contribution in [1.82, 2.24) is 14.9 Å². The zero-order valence-electron chi connectivity index (χ0n) is 15.7. The minimum absolute atomic E-state index is 0.0442. The number of amides is 2. The third-order valence-corrected chi connectivity index (χ3v) is 5.88. The summed E-state index contributed by atoms with van der Waals surface area (Å²) in [5, 5.41) is 15.1. The van der Waals surface area contributed by atoms with Crippen LogP contribution in [-0.4, -0.2) is 51.0 Å². The van der Waals surface area contributed by atoms with Crippen LogP contribution >= 0.6 is 11.3 Å². The summed E-state index contributed by atoms with van der Waals surface area (Å²) in [7, 11) is 0. The van der Waals surface area contributed by atoms with Gasteiger partial charge >= 0.3 is 0 Å². The molecule has 0 spiro atoms. The van der Waals surface area contributed by atoms with Crippen molar-refractivity contribution in [2.24, 2.45) is 0 Å². The summed E-state index contributed by atoms with van der Waals surface area (Å²) >= 11 is 1.59. The number of anilines is 1. The quantitative estimate of drug-likeness (QED) is 0.839. The Labute approximate surface area is 162 Å². The maximum Gasteiger partial charge on any atom is 0.254 e. The van der Waals surface area contributed by atoms with E-state index in [9.17, 15) is 14.7 Å². The van der Waals surface area contributed by atoms with Gasteiger partial charge in [0.05, 0.1) is 17.4 Å². The molecule has 2 aromatic rings. The van der Waals surface area contributed by atoms with E-state index in [1.807, 2.05) is 11.4 Å². The second kappa shape index (κ2) is 8.14. The Hall–Kier alpha value is -2.32.